The van der Waals surface area contributed by atoms with Gasteiger partial charge in [0.05, 0.1) is 0 Å². The Bertz CT molecular complexity index is 325. The Morgan fingerprint density at radius 2 is 2.27 bits per heavy atom. The van der Waals surface area contributed by atoms with Crippen LogP contribution in [0.25, 0.3) is 0 Å². The molecule has 0 atom stereocenters. The molecule has 1 aromatic carbocycles. The first kappa shape index (κ1) is 12.6. The number of alkyl halides is 1. The van der Waals surface area contributed by atoms with E-state index in [0.717, 1.165) is 17.6 Å². The average Bonchev–Trinajstić information content (AvgIpc) is 2.24. The molecule has 82 valence electrons. The van der Waals surface area contributed by atoms with Gasteiger partial charge in [0.2, 0.25) is 0 Å². The second kappa shape index (κ2) is 6.91. The van der Waals surface area contributed by atoms with Gasteiger partial charge in [-0.25, -0.2) is 0 Å². The lowest BCUT2D eigenvalue weighted by Crippen LogP contribution is -2.15. The molecule has 15 heavy (non-hydrogen) atoms. The van der Waals surface area contributed by atoms with Crippen LogP contribution in [0.5, 0.6) is 0 Å². The molecule has 0 saturated heterocycles. The van der Waals surface area contributed by atoms with Gasteiger partial charge >= 0.3 is 0 Å². The topological polar surface area (TPSA) is 3.24 Å². The van der Waals surface area contributed by atoms with Gasteiger partial charge in [0.15, 0.2) is 0 Å². The second-order valence-electron chi connectivity index (χ2n) is 3.23. The Hall–Kier alpha value is -0.470. The molecule has 0 aromatic heterocycles. The zero-order valence-corrected chi connectivity index (χ0v) is 11.1. The van der Waals surface area contributed by atoms with Crippen molar-refractivity contribution in [1.29, 1.82) is 0 Å². The van der Waals surface area contributed by atoms with E-state index in [4.69, 9.17) is 11.6 Å². The van der Waals surface area contributed by atoms with Crippen molar-refractivity contribution in [2.75, 3.05) is 12.4 Å². The van der Waals surface area contributed by atoms with Crippen molar-refractivity contribution in [2.24, 2.45) is 0 Å². The highest BCUT2D eigenvalue weighted by Crippen LogP contribution is 2.13. The highest BCUT2D eigenvalue weighted by Gasteiger charge is 1.98. The van der Waals surface area contributed by atoms with Crippen LogP contribution < -0.4 is 0 Å². The summed E-state index contributed by atoms with van der Waals surface area (Å²) < 4.78 is 1.12. The maximum atomic E-state index is 5.61. The molecular weight excluding hydrogens is 273 g/mol. The summed E-state index contributed by atoms with van der Waals surface area (Å²) in [6, 6.07) is 8.35. The van der Waals surface area contributed by atoms with Crippen LogP contribution in [0.3, 0.4) is 0 Å². The first-order chi connectivity index (χ1) is 7.26. The van der Waals surface area contributed by atoms with E-state index in [9.17, 15) is 0 Å². The molecule has 0 spiro atoms. The lowest BCUT2D eigenvalue weighted by Gasteiger charge is -2.18. The number of rotatable bonds is 5. The zero-order valence-electron chi connectivity index (χ0n) is 8.79. The first-order valence-electron chi connectivity index (χ1n) is 4.97. The molecule has 0 bridgehead atoms. The fraction of sp³-hybridized carbons (Fsp3) is 0.333. The number of hydrogen-bond donors (Lipinski definition) is 0. The number of benzene rings is 1. The molecular formula is C12H15BrClN. The summed E-state index contributed by atoms with van der Waals surface area (Å²) in [7, 11) is 0. The smallest absolute Gasteiger partial charge is 0.0424 e. The molecule has 0 aliphatic carbocycles. The van der Waals surface area contributed by atoms with Gasteiger partial charge in [-0.15, -0.1) is 11.6 Å². The van der Waals surface area contributed by atoms with Crippen molar-refractivity contribution in [2.45, 2.75) is 13.5 Å². The summed E-state index contributed by atoms with van der Waals surface area (Å²) in [5, 5.41) is 0. The van der Waals surface area contributed by atoms with E-state index in [0.29, 0.717) is 5.88 Å². The Balaban J connectivity index is 2.62. The van der Waals surface area contributed by atoms with Crippen molar-refractivity contribution in [3.8, 4) is 0 Å². The van der Waals surface area contributed by atoms with E-state index >= 15 is 0 Å². The highest BCUT2D eigenvalue weighted by atomic mass is 79.9. The monoisotopic (exact) mass is 287 g/mol. The fourth-order valence-electron chi connectivity index (χ4n) is 1.33. The van der Waals surface area contributed by atoms with Gasteiger partial charge in [-0.05, 0) is 30.8 Å². The van der Waals surface area contributed by atoms with Crippen LogP contribution in [0.1, 0.15) is 12.5 Å². The minimum atomic E-state index is 0.564. The Morgan fingerprint density at radius 3 is 2.87 bits per heavy atom. The van der Waals surface area contributed by atoms with Gasteiger partial charge in [0, 0.05) is 23.4 Å². The van der Waals surface area contributed by atoms with Crippen LogP contribution >= 0.6 is 27.5 Å². The van der Waals surface area contributed by atoms with Gasteiger partial charge in [-0.1, -0.05) is 34.1 Å². The molecule has 0 aliphatic heterocycles. The Morgan fingerprint density at radius 1 is 1.47 bits per heavy atom. The van der Waals surface area contributed by atoms with Crippen molar-refractivity contribution in [1.82, 2.24) is 4.90 Å². The van der Waals surface area contributed by atoms with Crippen molar-refractivity contribution < 1.29 is 0 Å². The molecule has 0 radical (unpaired) electrons. The Kier molecular flexibility index (Phi) is 5.81. The number of nitrogens with zero attached hydrogens (tertiary/aromatic N) is 1. The van der Waals surface area contributed by atoms with Crippen LogP contribution in [-0.4, -0.2) is 17.3 Å². The predicted molar refractivity (Wildman–Crippen MR) is 70.1 cm³/mol. The van der Waals surface area contributed by atoms with Gasteiger partial charge in [0.25, 0.3) is 0 Å². The van der Waals surface area contributed by atoms with Gasteiger partial charge in [-0.3, -0.25) is 0 Å². The van der Waals surface area contributed by atoms with Crippen LogP contribution in [-0.2, 0) is 6.54 Å². The van der Waals surface area contributed by atoms with E-state index < -0.39 is 0 Å². The Labute approximate surface area is 105 Å². The zero-order chi connectivity index (χ0) is 11.1. The van der Waals surface area contributed by atoms with Crippen LogP contribution in [0.4, 0.5) is 0 Å². The molecule has 0 fully saturated rings. The highest BCUT2D eigenvalue weighted by molar-refractivity contribution is 9.10. The van der Waals surface area contributed by atoms with Crippen LogP contribution in [0, 0.1) is 0 Å². The quantitative estimate of drug-likeness (QED) is 0.740. The summed E-state index contributed by atoms with van der Waals surface area (Å²) >= 11 is 9.08. The lowest BCUT2D eigenvalue weighted by molar-refractivity contribution is 0.389. The lowest BCUT2D eigenvalue weighted by atomic mass is 10.2. The van der Waals surface area contributed by atoms with Gasteiger partial charge < -0.3 is 4.90 Å². The number of allylic oxidation sites excluding steroid dienone is 1. The molecule has 0 aliphatic rings. The summed E-state index contributed by atoms with van der Waals surface area (Å²) in [5.41, 5.74) is 1.30. The first-order valence-corrected chi connectivity index (χ1v) is 6.30. The normalized spacial score (nSPS) is 10.9. The van der Waals surface area contributed by atoms with E-state index in [1.807, 2.05) is 18.3 Å². The molecule has 1 rings (SSSR count). The predicted octanol–water partition coefficient (Wildman–Crippen LogP) is 4.02. The maximum Gasteiger partial charge on any atom is 0.0424 e. The standard InChI is InChI=1S/C12H15BrClN/c1-2-15(8-4-7-14)10-11-5-3-6-12(13)9-11/h3-6,8-9H,2,7,10H2,1H3/b8-4+. The van der Waals surface area contributed by atoms with Gasteiger partial charge in [0.1, 0.15) is 0 Å². The molecule has 1 nitrogen and oxygen atoms in total. The number of halogens is 2. The maximum absolute atomic E-state index is 5.61. The van der Waals surface area contributed by atoms with Crippen LogP contribution in [0.2, 0.25) is 0 Å². The van der Waals surface area contributed by atoms with Crippen LogP contribution in [0.15, 0.2) is 41.0 Å². The van der Waals surface area contributed by atoms with E-state index in [1.165, 1.54) is 5.56 Å². The fourth-order valence-corrected chi connectivity index (χ4v) is 1.85. The molecule has 1 aromatic rings. The minimum absolute atomic E-state index is 0.564. The summed E-state index contributed by atoms with van der Waals surface area (Å²) in [6.45, 7) is 4.04. The van der Waals surface area contributed by atoms with E-state index in [1.54, 1.807) is 0 Å². The summed E-state index contributed by atoms with van der Waals surface area (Å²) in [4.78, 5) is 2.23. The van der Waals surface area contributed by atoms with Crippen molar-refractivity contribution in [3.63, 3.8) is 0 Å². The molecule has 0 saturated carbocycles. The second-order valence-corrected chi connectivity index (χ2v) is 4.46. The van der Waals surface area contributed by atoms with Crippen molar-refractivity contribution in [3.05, 3.63) is 46.6 Å². The third-order valence-corrected chi connectivity index (χ3v) is 2.76. The summed E-state index contributed by atoms with van der Waals surface area (Å²) in [5.74, 6) is 0.564. The molecule has 0 N–H and O–H groups in total. The largest absolute Gasteiger partial charge is 0.374 e. The summed E-state index contributed by atoms with van der Waals surface area (Å²) in [6.07, 6.45) is 4.01. The van der Waals surface area contributed by atoms with Crippen molar-refractivity contribution >= 4 is 27.5 Å². The minimum Gasteiger partial charge on any atom is -0.374 e. The SMILES string of the molecule is CCN(/C=C/CCl)Cc1cccc(Br)c1. The molecule has 0 unspecified atom stereocenters. The average molecular weight is 289 g/mol. The third-order valence-electron chi connectivity index (χ3n) is 2.09. The van der Waals surface area contributed by atoms with E-state index in [2.05, 4.69) is 46.0 Å². The molecule has 3 heteroatoms. The third kappa shape index (κ3) is 4.72. The van der Waals surface area contributed by atoms with Gasteiger partial charge in [-0.2, -0.15) is 0 Å². The van der Waals surface area contributed by atoms with E-state index in [-0.39, 0.29) is 0 Å². The number of hydrogen-bond acceptors (Lipinski definition) is 1. The molecule has 0 amide bonds. The molecule has 0 heterocycles.